The van der Waals surface area contributed by atoms with Crippen LogP contribution in [0.1, 0.15) is 34.4 Å². The van der Waals surface area contributed by atoms with Crippen molar-refractivity contribution in [3.8, 4) is 0 Å². The maximum absolute atomic E-state index is 12.4. The van der Waals surface area contributed by atoms with E-state index >= 15 is 0 Å². The minimum Gasteiger partial charge on any atom is -0.480 e. The molecule has 0 bridgehead atoms. The lowest BCUT2D eigenvalue weighted by Gasteiger charge is -2.20. The van der Waals surface area contributed by atoms with Gasteiger partial charge in [-0.05, 0) is 12.8 Å². The number of aliphatic carboxylic acids is 1. The summed E-state index contributed by atoms with van der Waals surface area (Å²) in [5.41, 5.74) is 0. The summed E-state index contributed by atoms with van der Waals surface area (Å²) in [5.74, 6) is -1.26. The number of thiazole rings is 1. The minimum absolute atomic E-state index is 0.219. The van der Waals surface area contributed by atoms with Gasteiger partial charge in [0, 0.05) is 20.1 Å². The number of likely N-dealkylation sites (tertiary alicyclic amines) is 1. The van der Waals surface area contributed by atoms with Gasteiger partial charge < -0.3 is 14.7 Å². The Morgan fingerprint density at radius 2 is 2.35 bits per heavy atom. The van der Waals surface area contributed by atoms with E-state index in [0.717, 1.165) is 17.8 Å². The van der Waals surface area contributed by atoms with Gasteiger partial charge >= 0.3 is 5.97 Å². The summed E-state index contributed by atoms with van der Waals surface area (Å²) in [5, 5.41) is 10.1. The standard InChI is InChI=1S/C13H18N2O4S/c1-3-4-11-14-6-10(20-11)12(16)15-7-8(19-2)5-9(15)13(17)18/h6,8-9H,3-5,7H2,1-2H3,(H,17,18). The van der Waals surface area contributed by atoms with Gasteiger partial charge in [-0.1, -0.05) is 6.92 Å². The number of rotatable bonds is 5. The molecule has 1 N–H and O–H groups in total. The molecule has 1 fully saturated rings. The second kappa shape index (κ2) is 6.32. The monoisotopic (exact) mass is 298 g/mol. The fourth-order valence-corrected chi connectivity index (χ4v) is 3.28. The van der Waals surface area contributed by atoms with Crippen molar-refractivity contribution in [1.82, 2.24) is 9.88 Å². The van der Waals surface area contributed by atoms with Gasteiger partial charge in [-0.3, -0.25) is 4.79 Å². The van der Waals surface area contributed by atoms with Crippen LogP contribution in [0.4, 0.5) is 0 Å². The fourth-order valence-electron chi connectivity index (χ4n) is 2.31. The smallest absolute Gasteiger partial charge is 0.326 e. The van der Waals surface area contributed by atoms with Crippen molar-refractivity contribution in [2.24, 2.45) is 0 Å². The molecule has 110 valence electrons. The quantitative estimate of drug-likeness (QED) is 0.889. The third-order valence-corrected chi connectivity index (χ3v) is 4.42. The molecule has 0 aliphatic carbocycles. The van der Waals surface area contributed by atoms with Crippen molar-refractivity contribution in [3.63, 3.8) is 0 Å². The first-order valence-electron chi connectivity index (χ1n) is 6.58. The number of methoxy groups -OCH3 is 1. The largest absolute Gasteiger partial charge is 0.480 e. The first-order chi connectivity index (χ1) is 9.56. The van der Waals surface area contributed by atoms with E-state index in [1.165, 1.54) is 29.5 Å². The topological polar surface area (TPSA) is 79.7 Å². The van der Waals surface area contributed by atoms with Gasteiger partial charge in [-0.25, -0.2) is 9.78 Å². The Morgan fingerprint density at radius 3 is 2.95 bits per heavy atom. The first-order valence-corrected chi connectivity index (χ1v) is 7.39. The number of nitrogens with zero attached hydrogens (tertiary/aromatic N) is 2. The van der Waals surface area contributed by atoms with Crippen LogP contribution in [0.15, 0.2) is 6.20 Å². The number of hydrogen-bond donors (Lipinski definition) is 1. The zero-order chi connectivity index (χ0) is 14.7. The normalized spacial score (nSPS) is 22.2. The predicted octanol–water partition coefficient (Wildman–Crippen LogP) is 1.41. The number of aromatic nitrogens is 1. The third-order valence-electron chi connectivity index (χ3n) is 3.37. The van der Waals surface area contributed by atoms with Crippen molar-refractivity contribution in [2.75, 3.05) is 13.7 Å². The molecule has 1 saturated heterocycles. The summed E-state index contributed by atoms with van der Waals surface area (Å²) in [7, 11) is 1.53. The van der Waals surface area contributed by atoms with E-state index in [1.807, 2.05) is 6.92 Å². The zero-order valence-corrected chi connectivity index (χ0v) is 12.4. The number of carbonyl (C=O) groups is 2. The molecule has 0 saturated carbocycles. The Kier molecular flexibility index (Phi) is 4.72. The van der Waals surface area contributed by atoms with Crippen molar-refractivity contribution in [2.45, 2.75) is 38.3 Å². The average molecular weight is 298 g/mol. The molecule has 1 aliphatic heterocycles. The molecule has 1 aliphatic rings. The molecule has 2 heterocycles. The number of ether oxygens (including phenoxy) is 1. The lowest BCUT2D eigenvalue weighted by atomic mass is 10.2. The van der Waals surface area contributed by atoms with Gasteiger partial charge in [0.1, 0.15) is 10.9 Å². The number of aryl methyl sites for hydroxylation is 1. The molecule has 2 rings (SSSR count). The summed E-state index contributed by atoms with van der Waals surface area (Å²) in [6.07, 6.45) is 3.45. The third kappa shape index (κ3) is 2.99. The molecule has 1 amide bonds. The highest BCUT2D eigenvalue weighted by atomic mass is 32.1. The number of carboxylic acids is 1. The Bertz CT molecular complexity index is 502. The number of carboxylic acid groups (broad SMARTS) is 1. The Hall–Kier alpha value is -1.47. The second-order valence-electron chi connectivity index (χ2n) is 4.77. The van der Waals surface area contributed by atoms with E-state index in [1.54, 1.807) is 0 Å². The van der Waals surface area contributed by atoms with Gasteiger partial charge in [-0.2, -0.15) is 0 Å². The van der Waals surface area contributed by atoms with E-state index < -0.39 is 12.0 Å². The summed E-state index contributed by atoms with van der Waals surface area (Å²) >= 11 is 1.34. The van der Waals surface area contributed by atoms with Crippen molar-refractivity contribution < 1.29 is 19.4 Å². The molecule has 0 spiro atoms. The van der Waals surface area contributed by atoms with Crippen LogP contribution in [-0.4, -0.2) is 52.7 Å². The van der Waals surface area contributed by atoms with Gasteiger partial charge in [0.15, 0.2) is 0 Å². The van der Waals surface area contributed by atoms with Crippen LogP contribution in [0.25, 0.3) is 0 Å². The molecule has 1 aromatic rings. The van der Waals surface area contributed by atoms with Crippen LogP contribution in [0.2, 0.25) is 0 Å². The Balaban J connectivity index is 2.15. The molecule has 7 heteroatoms. The lowest BCUT2D eigenvalue weighted by molar-refractivity contribution is -0.141. The van der Waals surface area contributed by atoms with Crippen molar-refractivity contribution in [3.05, 3.63) is 16.1 Å². The van der Waals surface area contributed by atoms with Gasteiger partial charge in [0.25, 0.3) is 5.91 Å². The molecule has 2 unspecified atom stereocenters. The van der Waals surface area contributed by atoms with E-state index in [4.69, 9.17) is 4.74 Å². The average Bonchev–Trinajstić information content (AvgIpc) is 3.04. The summed E-state index contributed by atoms with van der Waals surface area (Å²) in [6.45, 7) is 2.36. The number of hydrogen-bond acceptors (Lipinski definition) is 5. The van der Waals surface area contributed by atoms with Crippen molar-refractivity contribution in [1.29, 1.82) is 0 Å². The SMILES string of the molecule is CCCc1ncc(C(=O)N2CC(OC)CC2C(=O)O)s1. The molecule has 20 heavy (non-hydrogen) atoms. The van der Waals surface area contributed by atoms with E-state index in [-0.39, 0.29) is 12.0 Å². The van der Waals surface area contributed by atoms with Crippen molar-refractivity contribution >= 4 is 23.2 Å². The molecule has 0 radical (unpaired) electrons. The maximum atomic E-state index is 12.4. The Labute approximate surface area is 121 Å². The van der Waals surface area contributed by atoms with Crippen LogP contribution >= 0.6 is 11.3 Å². The van der Waals surface area contributed by atoms with Crippen LogP contribution < -0.4 is 0 Å². The van der Waals surface area contributed by atoms with E-state index in [2.05, 4.69) is 4.98 Å². The van der Waals surface area contributed by atoms with Crippen LogP contribution in [-0.2, 0) is 16.0 Å². The maximum Gasteiger partial charge on any atom is 0.326 e. The minimum atomic E-state index is -0.990. The van der Waals surface area contributed by atoms with Gasteiger partial charge in [0.05, 0.1) is 17.3 Å². The molecule has 0 aromatic carbocycles. The number of amides is 1. The predicted molar refractivity (Wildman–Crippen MR) is 74.0 cm³/mol. The van der Waals surface area contributed by atoms with Crippen LogP contribution in [0, 0.1) is 0 Å². The van der Waals surface area contributed by atoms with Crippen LogP contribution in [0.5, 0.6) is 0 Å². The van der Waals surface area contributed by atoms with Gasteiger partial charge in [0.2, 0.25) is 0 Å². The highest BCUT2D eigenvalue weighted by Crippen LogP contribution is 2.25. The molecular formula is C13H18N2O4S. The van der Waals surface area contributed by atoms with Gasteiger partial charge in [-0.15, -0.1) is 11.3 Å². The van der Waals surface area contributed by atoms with E-state index in [0.29, 0.717) is 17.8 Å². The van der Waals surface area contributed by atoms with E-state index in [9.17, 15) is 14.7 Å². The highest BCUT2D eigenvalue weighted by molar-refractivity contribution is 7.13. The molecule has 1 aromatic heterocycles. The fraction of sp³-hybridized carbons (Fsp3) is 0.615. The number of carbonyl (C=O) groups excluding carboxylic acids is 1. The summed E-state index contributed by atoms with van der Waals surface area (Å²) < 4.78 is 5.18. The molecule has 6 nitrogen and oxygen atoms in total. The van der Waals surface area contributed by atoms with Crippen LogP contribution in [0.3, 0.4) is 0 Å². The lowest BCUT2D eigenvalue weighted by Crippen LogP contribution is -2.40. The summed E-state index contributed by atoms with van der Waals surface area (Å²) in [6, 6.07) is -0.816. The molecular weight excluding hydrogens is 280 g/mol. The second-order valence-corrected chi connectivity index (χ2v) is 5.89. The highest BCUT2D eigenvalue weighted by Gasteiger charge is 2.40. The first kappa shape index (κ1) is 14.9. The molecule has 2 atom stereocenters. The summed E-state index contributed by atoms with van der Waals surface area (Å²) in [4.78, 5) is 29.7. The zero-order valence-electron chi connectivity index (χ0n) is 11.5. The Morgan fingerprint density at radius 1 is 1.60 bits per heavy atom.